The molecule has 2 aliphatic rings. The van der Waals surface area contributed by atoms with Crippen molar-refractivity contribution < 1.29 is 9.59 Å². The third-order valence-electron chi connectivity index (χ3n) is 5.85. The van der Waals surface area contributed by atoms with Crippen molar-refractivity contribution in [2.45, 2.75) is 38.3 Å². The molecule has 2 heterocycles. The lowest BCUT2D eigenvalue weighted by atomic mass is 9.78. The van der Waals surface area contributed by atoms with Crippen LogP contribution in [0, 0.1) is 6.92 Å². The predicted octanol–water partition coefficient (Wildman–Crippen LogP) is 4.10. The molecule has 1 N–H and O–H groups in total. The maximum Gasteiger partial charge on any atom is 0.325 e. The van der Waals surface area contributed by atoms with Crippen LogP contribution in [-0.2, 0) is 24.2 Å². The Bertz CT molecular complexity index is 1110. The molecule has 1 atom stereocenters. The van der Waals surface area contributed by atoms with E-state index in [4.69, 9.17) is 0 Å². The van der Waals surface area contributed by atoms with E-state index >= 15 is 0 Å². The lowest BCUT2D eigenvalue weighted by Crippen LogP contribution is -2.51. The quantitative estimate of drug-likeness (QED) is 0.670. The van der Waals surface area contributed by atoms with Gasteiger partial charge in [0.15, 0.2) is 0 Å². The molecule has 146 valence electrons. The number of hydrogen-bond donors (Lipinski definition) is 1. The molecule has 3 aromatic rings. The van der Waals surface area contributed by atoms with Crippen LogP contribution in [0.15, 0.2) is 53.9 Å². The number of imide groups is 1. The summed E-state index contributed by atoms with van der Waals surface area (Å²) in [6.45, 7) is 2.25. The highest BCUT2D eigenvalue weighted by molar-refractivity contribution is 7.13. The van der Waals surface area contributed by atoms with Crippen LogP contribution in [0.25, 0.3) is 10.6 Å². The average Bonchev–Trinajstić information content (AvgIpc) is 3.28. The van der Waals surface area contributed by atoms with Crippen LogP contribution in [0.3, 0.4) is 0 Å². The highest BCUT2D eigenvalue weighted by atomic mass is 32.1. The molecular formula is C23H21N3O2S. The van der Waals surface area contributed by atoms with Crippen LogP contribution in [0.5, 0.6) is 0 Å². The number of aryl methyl sites for hydroxylation is 2. The van der Waals surface area contributed by atoms with Crippen molar-refractivity contribution in [1.29, 1.82) is 0 Å². The number of rotatable bonds is 3. The van der Waals surface area contributed by atoms with E-state index in [1.54, 1.807) is 0 Å². The number of aromatic nitrogens is 1. The summed E-state index contributed by atoms with van der Waals surface area (Å²) in [6.07, 6.45) is 1.98. The first kappa shape index (κ1) is 18.1. The molecule has 1 spiro atoms. The fraction of sp³-hybridized carbons (Fsp3) is 0.261. The summed E-state index contributed by atoms with van der Waals surface area (Å²) in [5, 5.41) is 5.81. The first-order valence-electron chi connectivity index (χ1n) is 9.76. The first-order valence-corrected chi connectivity index (χ1v) is 10.6. The number of thiazole rings is 1. The highest BCUT2D eigenvalue weighted by Gasteiger charge is 2.52. The van der Waals surface area contributed by atoms with Crippen LogP contribution in [-0.4, -0.2) is 27.4 Å². The predicted molar refractivity (Wildman–Crippen MR) is 113 cm³/mol. The topological polar surface area (TPSA) is 62.3 Å². The number of benzene rings is 2. The van der Waals surface area contributed by atoms with Gasteiger partial charge in [-0.15, -0.1) is 11.3 Å². The van der Waals surface area contributed by atoms with E-state index in [1.807, 2.05) is 42.6 Å². The van der Waals surface area contributed by atoms with Crippen LogP contribution in [0.4, 0.5) is 4.79 Å². The monoisotopic (exact) mass is 403 g/mol. The molecule has 1 saturated heterocycles. The summed E-state index contributed by atoms with van der Waals surface area (Å²) >= 11 is 1.53. The fourth-order valence-electron chi connectivity index (χ4n) is 4.21. The van der Waals surface area contributed by atoms with Crippen molar-refractivity contribution in [2.24, 2.45) is 0 Å². The minimum atomic E-state index is -0.818. The van der Waals surface area contributed by atoms with Gasteiger partial charge in [0.05, 0.1) is 12.2 Å². The van der Waals surface area contributed by atoms with Crippen molar-refractivity contribution in [2.75, 3.05) is 0 Å². The second-order valence-corrected chi connectivity index (χ2v) is 8.72. The molecule has 3 amide bonds. The van der Waals surface area contributed by atoms with Gasteiger partial charge in [-0.05, 0) is 30.9 Å². The van der Waals surface area contributed by atoms with Crippen molar-refractivity contribution in [1.82, 2.24) is 15.2 Å². The number of urea groups is 1. The summed E-state index contributed by atoms with van der Waals surface area (Å²) in [4.78, 5) is 31.9. The molecule has 0 radical (unpaired) electrons. The Hall–Kier alpha value is -2.99. The summed E-state index contributed by atoms with van der Waals surface area (Å²) in [6, 6.07) is 16.0. The summed E-state index contributed by atoms with van der Waals surface area (Å²) < 4.78 is 0. The van der Waals surface area contributed by atoms with E-state index in [9.17, 15) is 9.59 Å². The van der Waals surface area contributed by atoms with Crippen LogP contribution >= 0.6 is 11.3 Å². The third kappa shape index (κ3) is 3.13. The lowest BCUT2D eigenvalue weighted by molar-refractivity contribution is -0.132. The lowest BCUT2D eigenvalue weighted by Gasteiger charge is -2.32. The van der Waals surface area contributed by atoms with Crippen molar-refractivity contribution in [3.05, 3.63) is 76.3 Å². The summed E-state index contributed by atoms with van der Waals surface area (Å²) in [7, 11) is 0. The smallest absolute Gasteiger partial charge is 0.323 e. The number of carbonyl (C=O) groups is 2. The minimum absolute atomic E-state index is 0.137. The molecule has 1 aliphatic heterocycles. The molecule has 2 aromatic carbocycles. The van der Waals surface area contributed by atoms with E-state index in [1.165, 1.54) is 27.4 Å². The van der Waals surface area contributed by atoms with Crippen molar-refractivity contribution >= 4 is 23.3 Å². The second-order valence-electron chi connectivity index (χ2n) is 7.86. The van der Waals surface area contributed by atoms with Crippen molar-refractivity contribution in [3.63, 3.8) is 0 Å². The minimum Gasteiger partial charge on any atom is -0.323 e. The van der Waals surface area contributed by atoms with Gasteiger partial charge in [-0.25, -0.2) is 9.78 Å². The Balaban J connectivity index is 1.36. The van der Waals surface area contributed by atoms with Crippen LogP contribution in [0.2, 0.25) is 0 Å². The van der Waals surface area contributed by atoms with E-state index in [2.05, 4.69) is 28.5 Å². The van der Waals surface area contributed by atoms with Gasteiger partial charge in [0.2, 0.25) is 0 Å². The summed E-state index contributed by atoms with van der Waals surface area (Å²) in [5.74, 6) is -0.137. The van der Waals surface area contributed by atoms with E-state index in [0.29, 0.717) is 12.8 Å². The van der Waals surface area contributed by atoms with E-state index in [0.717, 1.165) is 28.2 Å². The number of nitrogens with zero attached hydrogens (tertiary/aromatic N) is 2. The Kier molecular flexibility index (Phi) is 4.24. The molecule has 1 aliphatic carbocycles. The van der Waals surface area contributed by atoms with Gasteiger partial charge in [-0.2, -0.15) is 0 Å². The number of amides is 3. The van der Waals surface area contributed by atoms with Crippen LogP contribution < -0.4 is 5.32 Å². The number of nitrogens with one attached hydrogen (secondary N) is 1. The number of carbonyl (C=O) groups excluding carboxylic acids is 2. The maximum atomic E-state index is 13.2. The number of fused-ring (bicyclic) bond motifs is 1. The SMILES string of the molecule is Cc1ccc(-c2nc(CN3C(=O)NC4(CCc5ccccc5C4)C3=O)cs2)cc1. The van der Waals surface area contributed by atoms with Gasteiger partial charge >= 0.3 is 6.03 Å². The van der Waals surface area contributed by atoms with E-state index in [-0.39, 0.29) is 18.5 Å². The zero-order chi connectivity index (χ0) is 20.0. The zero-order valence-corrected chi connectivity index (χ0v) is 17.0. The molecule has 0 saturated carbocycles. The van der Waals surface area contributed by atoms with Gasteiger partial charge in [0.1, 0.15) is 10.5 Å². The second kappa shape index (κ2) is 6.81. The normalized spacial score (nSPS) is 20.8. The molecule has 6 heteroatoms. The first-order chi connectivity index (χ1) is 14.0. The maximum absolute atomic E-state index is 13.2. The molecule has 5 rings (SSSR count). The molecule has 5 nitrogen and oxygen atoms in total. The van der Waals surface area contributed by atoms with E-state index < -0.39 is 5.54 Å². The largest absolute Gasteiger partial charge is 0.325 e. The van der Waals surface area contributed by atoms with Gasteiger partial charge in [0, 0.05) is 17.4 Å². The van der Waals surface area contributed by atoms with Crippen LogP contribution in [0.1, 0.15) is 28.8 Å². The standard InChI is InChI=1S/C23H21N3O2S/c1-15-6-8-17(9-7-15)20-24-19(14-29-20)13-26-21(27)23(25-22(26)28)11-10-16-4-2-3-5-18(16)12-23/h2-9,14H,10-13H2,1H3,(H,25,28). The van der Waals surface area contributed by atoms with Gasteiger partial charge in [-0.1, -0.05) is 54.1 Å². The average molecular weight is 404 g/mol. The molecule has 1 aromatic heterocycles. The fourth-order valence-corrected chi connectivity index (χ4v) is 5.03. The third-order valence-corrected chi connectivity index (χ3v) is 6.79. The molecule has 1 unspecified atom stereocenters. The van der Waals surface area contributed by atoms with Crippen molar-refractivity contribution in [3.8, 4) is 10.6 Å². The zero-order valence-electron chi connectivity index (χ0n) is 16.1. The van der Waals surface area contributed by atoms with Gasteiger partial charge < -0.3 is 5.32 Å². The Morgan fingerprint density at radius 3 is 2.66 bits per heavy atom. The Morgan fingerprint density at radius 2 is 1.86 bits per heavy atom. The Labute approximate surface area is 173 Å². The van der Waals surface area contributed by atoms with Gasteiger partial charge in [-0.3, -0.25) is 9.69 Å². The Morgan fingerprint density at radius 1 is 1.10 bits per heavy atom. The summed E-state index contributed by atoms with van der Waals surface area (Å²) in [5.41, 5.74) is 4.57. The molecule has 1 fully saturated rings. The molecular weight excluding hydrogens is 382 g/mol. The highest BCUT2D eigenvalue weighted by Crippen LogP contribution is 2.34. The van der Waals surface area contributed by atoms with Gasteiger partial charge in [0.25, 0.3) is 5.91 Å². The molecule has 29 heavy (non-hydrogen) atoms. The number of hydrogen-bond acceptors (Lipinski definition) is 4. The molecule has 0 bridgehead atoms.